The zero-order valence-corrected chi connectivity index (χ0v) is 19.9. The van der Waals surface area contributed by atoms with E-state index in [9.17, 15) is 15.3 Å². The number of pyridine rings is 1. The summed E-state index contributed by atoms with van der Waals surface area (Å²) >= 11 is 1.16. The number of primary amides is 1. The molecule has 1 atom stereocenters. The van der Waals surface area contributed by atoms with Gasteiger partial charge in [0.15, 0.2) is 0 Å². The van der Waals surface area contributed by atoms with Crippen molar-refractivity contribution in [2.45, 2.75) is 37.5 Å². The second-order valence-corrected chi connectivity index (χ2v) is 8.40. The molecule has 0 radical (unpaired) electrons. The fourth-order valence-corrected chi connectivity index (χ4v) is 4.57. The Balaban J connectivity index is 2.55. The van der Waals surface area contributed by atoms with E-state index in [1.807, 2.05) is 49.2 Å². The van der Waals surface area contributed by atoms with Gasteiger partial charge in [-0.05, 0) is 30.6 Å². The second kappa shape index (κ2) is 12.1. The van der Waals surface area contributed by atoms with Crippen molar-refractivity contribution in [2.24, 2.45) is 5.73 Å². The van der Waals surface area contributed by atoms with Crippen LogP contribution in [0.2, 0.25) is 0 Å². The van der Waals surface area contributed by atoms with E-state index in [4.69, 9.17) is 10.7 Å². The number of hydrogen-bond acceptors (Lipinski definition) is 7. The van der Waals surface area contributed by atoms with Crippen LogP contribution in [0.3, 0.4) is 0 Å². The average molecular weight is 451 g/mol. The summed E-state index contributed by atoms with van der Waals surface area (Å²) < 4.78 is 0. The van der Waals surface area contributed by atoms with Gasteiger partial charge < -0.3 is 15.5 Å². The minimum atomic E-state index is -0.692. The molecule has 8 heteroatoms. The Bertz CT molecular complexity index is 1010. The maximum atomic E-state index is 12.3. The molecule has 0 saturated carbocycles. The van der Waals surface area contributed by atoms with Crippen molar-refractivity contribution in [1.82, 2.24) is 9.88 Å². The van der Waals surface area contributed by atoms with Gasteiger partial charge in [-0.15, -0.1) is 0 Å². The quantitative estimate of drug-likeness (QED) is 0.522. The second-order valence-electron chi connectivity index (χ2n) is 7.31. The maximum Gasteiger partial charge on any atom is 0.235 e. The van der Waals surface area contributed by atoms with Crippen LogP contribution in [0.4, 0.5) is 5.82 Å². The highest BCUT2D eigenvalue weighted by molar-refractivity contribution is 8.00. The highest BCUT2D eigenvalue weighted by Gasteiger charge is 2.26. The van der Waals surface area contributed by atoms with Gasteiger partial charge in [-0.2, -0.15) is 10.5 Å². The largest absolute Gasteiger partial charge is 0.368 e. The van der Waals surface area contributed by atoms with Gasteiger partial charge in [0.25, 0.3) is 0 Å². The van der Waals surface area contributed by atoms with Crippen molar-refractivity contribution in [2.75, 3.05) is 38.1 Å². The lowest BCUT2D eigenvalue weighted by Gasteiger charge is -2.26. The van der Waals surface area contributed by atoms with E-state index in [0.29, 0.717) is 40.5 Å². The fourth-order valence-electron chi connectivity index (χ4n) is 3.51. The Labute approximate surface area is 194 Å². The maximum absolute atomic E-state index is 12.3. The number of nitriles is 2. The number of amides is 1. The molecule has 1 aromatic heterocycles. The molecule has 0 bridgehead atoms. The normalized spacial score (nSPS) is 11.6. The Kier molecular flexibility index (Phi) is 9.52. The van der Waals surface area contributed by atoms with Crippen LogP contribution < -0.4 is 10.6 Å². The molecule has 2 aromatic rings. The van der Waals surface area contributed by atoms with E-state index in [1.165, 1.54) is 0 Å². The molecule has 1 aromatic carbocycles. The Hall–Kier alpha value is -3.07. The number of thioether (sulfide) groups is 1. The van der Waals surface area contributed by atoms with E-state index in [2.05, 4.69) is 30.9 Å². The zero-order chi connectivity index (χ0) is 23.7. The van der Waals surface area contributed by atoms with Crippen LogP contribution in [0, 0.1) is 22.7 Å². The van der Waals surface area contributed by atoms with Gasteiger partial charge in [0, 0.05) is 20.1 Å². The average Bonchev–Trinajstić information content (AvgIpc) is 2.82. The number of hydrogen-bond donors (Lipinski definition) is 1. The van der Waals surface area contributed by atoms with Gasteiger partial charge in [0.1, 0.15) is 28.2 Å². The van der Waals surface area contributed by atoms with E-state index in [0.717, 1.165) is 37.0 Å². The number of carbonyl (C=O) groups excluding carboxylic acids is 1. The van der Waals surface area contributed by atoms with Gasteiger partial charge in [-0.25, -0.2) is 4.98 Å². The number of nitrogens with two attached hydrogens (primary N) is 1. The SMILES string of the molecule is CCc1c(C#N)c(SC(C(N)=O)c2ccccc2)nc(N(C)CCN(CC)CC)c1C#N. The van der Waals surface area contributed by atoms with Crippen molar-refractivity contribution in [3.05, 3.63) is 52.6 Å². The summed E-state index contributed by atoms with van der Waals surface area (Å²) in [6.07, 6.45) is 0.505. The molecular weight excluding hydrogens is 420 g/mol. The van der Waals surface area contributed by atoms with Gasteiger partial charge in [0.05, 0.1) is 11.1 Å². The first-order valence-corrected chi connectivity index (χ1v) is 11.6. The van der Waals surface area contributed by atoms with Crippen LogP contribution in [-0.2, 0) is 11.2 Å². The zero-order valence-electron chi connectivity index (χ0n) is 19.1. The van der Waals surface area contributed by atoms with Crippen LogP contribution in [0.5, 0.6) is 0 Å². The third-order valence-corrected chi connectivity index (χ3v) is 6.68. The lowest BCUT2D eigenvalue weighted by Crippen LogP contribution is -2.34. The molecule has 0 aliphatic carbocycles. The minimum absolute atomic E-state index is 0.331. The van der Waals surface area contributed by atoms with E-state index < -0.39 is 11.2 Å². The van der Waals surface area contributed by atoms with Crippen molar-refractivity contribution < 1.29 is 4.79 Å². The van der Waals surface area contributed by atoms with Crippen molar-refractivity contribution >= 4 is 23.5 Å². The number of anilines is 1. The van der Waals surface area contributed by atoms with Gasteiger partial charge in [-0.1, -0.05) is 62.9 Å². The number of rotatable bonds is 11. The standard InChI is InChI=1S/C24H30N6OS/c1-5-18-19(15-25)23(29(4)13-14-30(6-2)7-3)28-24(20(18)16-26)32-21(22(27)31)17-11-9-8-10-12-17/h8-12,21H,5-7,13-14H2,1-4H3,(H2,27,31). The molecule has 1 heterocycles. The van der Waals surface area contributed by atoms with Crippen molar-refractivity contribution in [3.8, 4) is 12.1 Å². The molecule has 7 nitrogen and oxygen atoms in total. The smallest absolute Gasteiger partial charge is 0.235 e. The van der Waals surface area contributed by atoms with Crippen LogP contribution >= 0.6 is 11.8 Å². The van der Waals surface area contributed by atoms with Gasteiger partial charge in [-0.3, -0.25) is 4.79 Å². The first-order valence-electron chi connectivity index (χ1n) is 10.7. The summed E-state index contributed by atoms with van der Waals surface area (Å²) in [4.78, 5) is 21.2. The number of likely N-dealkylation sites (N-methyl/N-ethyl adjacent to an activating group) is 2. The predicted molar refractivity (Wildman–Crippen MR) is 128 cm³/mol. The molecule has 1 unspecified atom stereocenters. The van der Waals surface area contributed by atoms with Gasteiger partial charge >= 0.3 is 0 Å². The highest BCUT2D eigenvalue weighted by atomic mass is 32.2. The molecule has 2 N–H and O–H groups in total. The first kappa shape index (κ1) is 25.2. The third-order valence-electron chi connectivity index (χ3n) is 5.42. The lowest BCUT2D eigenvalue weighted by atomic mass is 10.0. The fraction of sp³-hybridized carbons (Fsp3) is 0.417. The molecule has 168 valence electrons. The third kappa shape index (κ3) is 5.79. The topological polar surface area (TPSA) is 110 Å². The number of aromatic nitrogens is 1. The van der Waals surface area contributed by atoms with Crippen molar-refractivity contribution in [1.29, 1.82) is 10.5 Å². The first-order chi connectivity index (χ1) is 15.4. The molecule has 32 heavy (non-hydrogen) atoms. The van der Waals surface area contributed by atoms with Gasteiger partial charge in [0.2, 0.25) is 5.91 Å². The monoisotopic (exact) mass is 450 g/mol. The summed E-state index contributed by atoms with van der Waals surface area (Å²) in [6, 6.07) is 13.7. The van der Waals surface area contributed by atoms with E-state index in [1.54, 1.807) is 0 Å². The number of nitrogens with zero attached hydrogens (tertiary/aromatic N) is 5. The summed E-state index contributed by atoms with van der Waals surface area (Å²) in [6.45, 7) is 9.52. The summed E-state index contributed by atoms with van der Waals surface area (Å²) in [7, 11) is 1.90. The summed E-state index contributed by atoms with van der Waals surface area (Å²) in [5, 5.41) is 19.5. The van der Waals surface area contributed by atoms with Crippen molar-refractivity contribution in [3.63, 3.8) is 0 Å². The molecular formula is C24H30N6OS. The van der Waals surface area contributed by atoms with Crippen LogP contribution in [-0.4, -0.2) is 49.0 Å². The molecule has 0 aliphatic heterocycles. The molecule has 0 aliphatic rings. The summed E-state index contributed by atoms with van der Waals surface area (Å²) in [5.41, 5.74) is 7.84. The Morgan fingerprint density at radius 3 is 2.22 bits per heavy atom. The molecule has 0 saturated heterocycles. The number of carbonyl (C=O) groups is 1. The Morgan fingerprint density at radius 1 is 1.09 bits per heavy atom. The molecule has 0 fully saturated rings. The van der Waals surface area contributed by atoms with Crippen LogP contribution in [0.25, 0.3) is 0 Å². The lowest BCUT2D eigenvalue weighted by molar-refractivity contribution is -0.117. The minimum Gasteiger partial charge on any atom is -0.368 e. The Morgan fingerprint density at radius 2 is 1.72 bits per heavy atom. The van der Waals surface area contributed by atoms with Crippen LogP contribution in [0.1, 0.15) is 48.3 Å². The predicted octanol–water partition coefficient (Wildman–Crippen LogP) is 3.48. The van der Waals surface area contributed by atoms with Crippen LogP contribution in [0.15, 0.2) is 35.4 Å². The van der Waals surface area contributed by atoms with E-state index >= 15 is 0 Å². The molecule has 2 rings (SSSR count). The molecule has 1 amide bonds. The molecule has 0 spiro atoms. The number of benzene rings is 1. The highest BCUT2D eigenvalue weighted by Crippen LogP contribution is 2.39. The van der Waals surface area contributed by atoms with E-state index in [-0.39, 0.29) is 0 Å². The summed E-state index contributed by atoms with van der Waals surface area (Å²) in [5.74, 6) is 0.0139.